The van der Waals surface area contributed by atoms with Gasteiger partial charge in [0.15, 0.2) is 0 Å². The molecule has 0 aliphatic heterocycles. The van der Waals surface area contributed by atoms with Crippen LogP contribution in [0, 0.1) is 11.3 Å². The molecule has 0 saturated heterocycles. The number of carbonyl (C=O) groups excluding carboxylic acids is 1. The van der Waals surface area contributed by atoms with Crippen molar-refractivity contribution in [1.29, 1.82) is 0 Å². The van der Waals surface area contributed by atoms with Crippen molar-refractivity contribution in [1.82, 2.24) is 5.32 Å². The Bertz CT molecular complexity index is 568. The Balaban J connectivity index is 1.56. The number of carbonyl (C=O) groups is 2. The zero-order valence-corrected chi connectivity index (χ0v) is 11.7. The van der Waals surface area contributed by atoms with Crippen LogP contribution in [-0.2, 0) is 9.59 Å². The number of nitrogens with one attached hydrogen (secondary N) is 1. The smallest absolute Gasteiger partial charge is 0.311 e. The highest BCUT2D eigenvalue weighted by Gasteiger charge is 2.51. The molecule has 2 aliphatic carbocycles. The molecule has 2 unspecified atom stereocenters. The number of carboxylic acid groups (broad SMARTS) is 1. The lowest BCUT2D eigenvalue weighted by Gasteiger charge is -2.11. The summed E-state index contributed by atoms with van der Waals surface area (Å²) in [4.78, 5) is 23.1. The van der Waals surface area contributed by atoms with Crippen LogP contribution < -0.4 is 5.32 Å². The fourth-order valence-electron chi connectivity index (χ4n) is 2.61. The fourth-order valence-corrected chi connectivity index (χ4v) is 2.88. The molecule has 0 radical (unpaired) electrons. The molecule has 2 atom stereocenters. The zero-order valence-electron chi connectivity index (χ0n) is 10.9. The van der Waals surface area contributed by atoms with Crippen molar-refractivity contribution in [2.24, 2.45) is 11.3 Å². The summed E-state index contributed by atoms with van der Waals surface area (Å²) < 4.78 is 0. The van der Waals surface area contributed by atoms with Gasteiger partial charge >= 0.3 is 5.97 Å². The number of halogens is 1. The minimum Gasteiger partial charge on any atom is -0.481 e. The van der Waals surface area contributed by atoms with Gasteiger partial charge in [0, 0.05) is 17.5 Å². The Morgan fingerprint density at radius 1 is 1.35 bits per heavy atom. The molecule has 106 valence electrons. The monoisotopic (exact) mass is 293 g/mol. The van der Waals surface area contributed by atoms with Crippen LogP contribution in [0.25, 0.3) is 0 Å². The Morgan fingerprint density at radius 2 is 2.05 bits per heavy atom. The summed E-state index contributed by atoms with van der Waals surface area (Å²) in [6.07, 6.45) is 2.10. The second-order valence-electron chi connectivity index (χ2n) is 5.77. The summed E-state index contributed by atoms with van der Waals surface area (Å²) in [6, 6.07) is 7.55. The van der Waals surface area contributed by atoms with Crippen LogP contribution in [0.15, 0.2) is 24.3 Å². The first-order valence-corrected chi connectivity index (χ1v) is 7.17. The highest BCUT2D eigenvalue weighted by molar-refractivity contribution is 6.31. The lowest BCUT2D eigenvalue weighted by atomic mass is 10.1. The number of hydrogen-bond acceptors (Lipinski definition) is 2. The maximum absolute atomic E-state index is 12.1. The first-order chi connectivity index (χ1) is 9.53. The number of carboxylic acids is 1. The molecule has 2 saturated carbocycles. The van der Waals surface area contributed by atoms with Gasteiger partial charge in [0.25, 0.3) is 0 Å². The van der Waals surface area contributed by atoms with Gasteiger partial charge < -0.3 is 10.4 Å². The number of amides is 1. The molecule has 0 spiro atoms. The molecule has 1 amide bonds. The summed E-state index contributed by atoms with van der Waals surface area (Å²) in [5.41, 5.74) is 0.304. The van der Waals surface area contributed by atoms with Gasteiger partial charge in [0.05, 0.1) is 5.41 Å². The van der Waals surface area contributed by atoms with E-state index in [-0.39, 0.29) is 24.3 Å². The molecule has 20 heavy (non-hydrogen) atoms. The van der Waals surface area contributed by atoms with Gasteiger partial charge in [-0.05, 0) is 36.8 Å². The number of hydrogen-bond donors (Lipinski definition) is 2. The minimum absolute atomic E-state index is 0.0533. The van der Waals surface area contributed by atoms with Crippen molar-refractivity contribution in [3.63, 3.8) is 0 Å². The third kappa shape index (κ3) is 2.40. The predicted octanol–water partition coefficient (Wildman–Crippen LogP) is 2.42. The molecule has 1 aromatic carbocycles. The Hall–Kier alpha value is -1.55. The SMILES string of the molecule is O=C(NCC1(C(=O)O)CC1)C1CC1c1ccccc1Cl. The molecule has 0 aromatic heterocycles. The Morgan fingerprint density at radius 3 is 2.65 bits per heavy atom. The van der Waals surface area contributed by atoms with Crippen LogP contribution in [-0.4, -0.2) is 23.5 Å². The molecule has 1 aromatic rings. The second kappa shape index (κ2) is 4.77. The van der Waals surface area contributed by atoms with Crippen LogP contribution in [0.3, 0.4) is 0 Å². The summed E-state index contributed by atoms with van der Waals surface area (Å²) in [6.45, 7) is 0.243. The van der Waals surface area contributed by atoms with E-state index in [0.29, 0.717) is 17.9 Å². The maximum Gasteiger partial charge on any atom is 0.311 e. The molecule has 4 nitrogen and oxygen atoms in total. The van der Waals surface area contributed by atoms with Crippen LogP contribution >= 0.6 is 11.6 Å². The normalized spacial score (nSPS) is 25.9. The van der Waals surface area contributed by atoms with Crippen LogP contribution in [0.4, 0.5) is 0 Å². The number of aliphatic carboxylic acids is 1. The minimum atomic E-state index is -0.809. The average Bonchev–Trinajstić information content (AvgIpc) is 3.30. The zero-order chi connectivity index (χ0) is 14.3. The van der Waals surface area contributed by atoms with E-state index in [4.69, 9.17) is 16.7 Å². The van der Waals surface area contributed by atoms with E-state index < -0.39 is 11.4 Å². The molecule has 3 rings (SSSR count). The van der Waals surface area contributed by atoms with Crippen molar-refractivity contribution in [2.75, 3.05) is 6.54 Å². The summed E-state index contributed by atoms with van der Waals surface area (Å²) in [5, 5.41) is 12.5. The number of rotatable bonds is 5. The van der Waals surface area contributed by atoms with Gasteiger partial charge in [-0.1, -0.05) is 29.8 Å². The molecular weight excluding hydrogens is 278 g/mol. The molecule has 2 fully saturated rings. The summed E-state index contributed by atoms with van der Waals surface area (Å²) >= 11 is 6.12. The topological polar surface area (TPSA) is 66.4 Å². The third-order valence-corrected chi connectivity index (χ3v) is 4.68. The molecule has 0 heterocycles. The van der Waals surface area contributed by atoms with Crippen LogP contribution in [0.1, 0.15) is 30.7 Å². The van der Waals surface area contributed by atoms with Crippen molar-refractivity contribution in [2.45, 2.75) is 25.2 Å². The third-order valence-electron chi connectivity index (χ3n) is 4.34. The highest BCUT2D eigenvalue weighted by atomic mass is 35.5. The standard InChI is InChI=1S/C15H16ClNO3/c16-12-4-2-1-3-9(12)10-7-11(10)13(18)17-8-15(5-6-15)14(19)20/h1-4,10-11H,5-8H2,(H,17,18)(H,19,20). The second-order valence-corrected chi connectivity index (χ2v) is 6.18. The van der Waals surface area contributed by atoms with Crippen LogP contribution in [0.2, 0.25) is 5.02 Å². The largest absolute Gasteiger partial charge is 0.481 e. The first-order valence-electron chi connectivity index (χ1n) is 6.79. The Labute approximate surface area is 122 Å². The Kier molecular flexibility index (Phi) is 3.21. The van der Waals surface area contributed by atoms with E-state index >= 15 is 0 Å². The van der Waals surface area contributed by atoms with Crippen molar-refractivity contribution < 1.29 is 14.7 Å². The van der Waals surface area contributed by atoms with E-state index in [0.717, 1.165) is 12.0 Å². The maximum atomic E-state index is 12.1. The molecule has 2 N–H and O–H groups in total. The summed E-state index contributed by atoms with van der Waals surface area (Å²) in [5.74, 6) is -0.762. The van der Waals surface area contributed by atoms with Crippen molar-refractivity contribution in [3.8, 4) is 0 Å². The van der Waals surface area contributed by atoms with E-state index in [9.17, 15) is 9.59 Å². The number of benzene rings is 1. The molecule has 5 heteroatoms. The van der Waals surface area contributed by atoms with E-state index in [2.05, 4.69) is 5.32 Å². The fraction of sp³-hybridized carbons (Fsp3) is 0.467. The quantitative estimate of drug-likeness (QED) is 0.876. The van der Waals surface area contributed by atoms with E-state index in [1.54, 1.807) is 0 Å². The molecule has 0 bridgehead atoms. The van der Waals surface area contributed by atoms with Gasteiger partial charge in [-0.25, -0.2) is 0 Å². The van der Waals surface area contributed by atoms with Crippen molar-refractivity contribution >= 4 is 23.5 Å². The molecular formula is C15H16ClNO3. The van der Waals surface area contributed by atoms with E-state index in [1.165, 1.54) is 0 Å². The van der Waals surface area contributed by atoms with Gasteiger partial charge in [-0.15, -0.1) is 0 Å². The lowest BCUT2D eigenvalue weighted by molar-refractivity contribution is -0.143. The summed E-state index contributed by atoms with van der Waals surface area (Å²) in [7, 11) is 0. The highest BCUT2D eigenvalue weighted by Crippen LogP contribution is 2.50. The van der Waals surface area contributed by atoms with Crippen molar-refractivity contribution in [3.05, 3.63) is 34.9 Å². The lowest BCUT2D eigenvalue weighted by Crippen LogP contribution is -2.35. The van der Waals surface area contributed by atoms with Gasteiger partial charge in [-0.2, -0.15) is 0 Å². The van der Waals surface area contributed by atoms with E-state index in [1.807, 2.05) is 24.3 Å². The van der Waals surface area contributed by atoms with Gasteiger partial charge in [-0.3, -0.25) is 9.59 Å². The first kappa shape index (κ1) is 13.4. The average molecular weight is 294 g/mol. The van der Waals surface area contributed by atoms with Gasteiger partial charge in [0.1, 0.15) is 0 Å². The predicted molar refractivity (Wildman–Crippen MR) is 74.6 cm³/mol. The molecule has 2 aliphatic rings. The van der Waals surface area contributed by atoms with Crippen LogP contribution in [0.5, 0.6) is 0 Å². The van der Waals surface area contributed by atoms with Gasteiger partial charge in [0.2, 0.25) is 5.91 Å².